The summed E-state index contributed by atoms with van der Waals surface area (Å²) in [6.45, 7) is 0. The topological polar surface area (TPSA) is 57.7 Å². The van der Waals surface area contributed by atoms with Crippen molar-refractivity contribution in [1.82, 2.24) is 10.0 Å². The van der Waals surface area contributed by atoms with Gasteiger partial charge in [0.15, 0.2) is 0 Å². The molecule has 0 saturated carbocycles. The summed E-state index contributed by atoms with van der Waals surface area (Å²) in [5, 5.41) is 3.96. The number of hydrogen-bond donors (Lipinski definition) is 0. The van der Waals surface area contributed by atoms with Gasteiger partial charge in [-0.15, -0.1) is 0 Å². The molecule has 0 saturated heterocycles. The van der Waals surface area contributed by atoms with E-state index in [0.717, 1.165) is 10.0 Å². The maximum absolute atomic E-state index is 13.0. The normalized spacial score (nSPS) is 13.2. The van der Waals surface area contributed by atoms with Gasteiger partial charge in [0.25, 0.3) is 17.7 Å². The highest BCUT2D eigenvalue weighted by molar-refractivity contribution is 6.38. The third-order valence-electron chi connectivity index (χ3n) is 4.51. The van der Waals surface area contributed by atoms with Crippen molar-refractivity contribution in [3.8, 4) is 0 Å². The van der Waals surface area contributed by atoms with Crippen LogP contribution in [0, 0.1) is 0 Å². The van der Waals surface area contributed by atoms with Crippen molar-refractivity contribution in [3.05, 3.63) is 81.3 Å². The van der Waals surface area contributed by atoms with Crippen molar-refractivity contribution in [2.75, 3.05) is 7.05 Å². The summed E-state index contributed by atoms with van der Waals surface area (Å²) in [5.41, 5.74) is 0.733. The molecule has 0 spiro atoms. The zero-order chi connectivity index (χ0) is 19.3. The van der Waals surface area contributed by atoms with Gasteiger partial charge >= 0.3 is 0 Å². The number of halogens is 2. The fraction of sp³-hybridized carbons (Fsp3) is 0.0500. The van der Waals surface area contributed by atoms with Gasteiger partial charge in [-0.05, 0) is 35.7 Å². The molecule has 1 aliphatic rings. The van der Waals surface area contributed by atoms with Crippen LogP contribution in [0.2, 0.25) is 10.0 Å². The molecule has 3 aromatic carbocycles. The molecule has 27 heavy (non-hydrogen) atoms. The summed E-state index contributed by atoms with van der Waals surface area (Å²) < 4.78 is 0. The summed E-state index contributed by atoms with van der Waals surface area (Å²) in [6, 6.07) is 14.8. The van der Waals surface area contributed by atoms with Gasteiger partial charge in [-0.1, -0.05) is 47.5 Å². The molecule has 0 aromatic heterocycles. The summed E-state index contributed by atoms with van der Waals surface area (Å²) in [4.78, 5) is 38.6. The highest BCUT2D eigenvalue weighted by atomic mass is 35.5. The number of hydrazine groups is 1. The Morgan fingerprint density at radius 3 is 2.22 bits per heavy atom. The number of carbonyl (C=O) groups is 3. The van der Waals surface area contributed by atoms with Crippen molar-refractivity contribution in [3.63, 3.8) is 0 Å². The van der Waals surface area contributed by atoms with E-state index in [1.807, 2.05) is 0 Å². The minimum atomic E-state index is -0.590. The first-order valence-corrected chi connectivity index (χ1v) is 8.79. The van der Waals surface area contributed by atoms with Crippen LogP contribution in [0.4, 0.5) is 0 Å². The van der Waals surface area contributed by atoms with Gasteiger partial charge in [0.1, 0.15) is 0 Å². The zero-order valence-electron chi connectivity index (χ0n) is 14.1. The standard InChI is InChI=1S/C20H12Cl2N2O3/c1-23(18(25)11-6-8-12(21)9-7-11)24-19(26)15-10-16(22)13-4-2-3-5-14(13)17(15)20(24)27/h2-10H,1H3. The average molecular weight is 399 g/mol. The molecule has 1 heterocycles. The van der Waals surface area contributed by atoms with Crippen LogP contribution in [-0.2, 0) is 0 Å². The molecule has 0 N–H and O–H groups in total. The predicted octanol–water partition coefficient (Wildman–Crippen LogP) is 4.43. The first-order chi connectivity index (χ1) is 12.9. The van der Waals surface area contributed by atoms with Crippen LogP contribution in [0.3, 0.4) is 0 Å². The number of hydrogen-bond acceptors (Lipinski definition) is 3. The van der Waals surface area contributed by atoms with Crippen LogP contribution in [0.15, 0.2) is 54.6 Å². The van der Waals surface area contributed by atoms with Crippen molar-refractivity contribution in [1.29, 1.82) is 0 Å². The smallest absolute Gasteiger partial charge is 0.267 e. The van der Waals surface area contributed by atoms with E-state index in [-0.39, 0.29) is 11.1 Å². The van der Waals surface area contributed by atoms with E-state index in [9.17, 15) is 14.4 Å². The number of fused-ring (bicyclic) bond motifs is 3. The third-order valence-corrected chi connectivity index (χ3v) is 5.07. The molecule has 3 aromatic rings. The minimum Gasteiger partial charge on any atom is -0.267 e. The molecule has 0 fully saturated rings. The van der Waals surface area contributed by atoms with Crippen LogP contribution in [0.25, 0.3) is 10.8 Å². The highest BCUT2D eigenvalue weighted by Gasteiger charge is 2.41. The van der Waals surface area contributed by atoms with E-state index in [1.165, 1.54) is 25.2 Å². The number of amides is 3. The maximum atomic E-state index is 13.0. The maximum Gasteiger partial charge on any atom is 0.281 e. The van der Waals surface area contributed by atoms with Crippen molar-refractivity contribution >= 4 is 51.7 Å². The number of imide groups is 1. The zero-order valence-corrected chi connectivity index (χ0v) is 15.6. The largest absolute Gasteiger partial charge is 0.281 e. The van der Waals surface area contributed by atoms with Crippen molar-refractivity contribution in [2.24, 2.45) is 0 Å². The summed E-state index contributed by atoms with van der Waals surface area (Å²) >= 11 is 12.1. The number of carbonyl (C=O) groups excluding carboxylic acids is 3. The Morgan fingerprint density at radius 2 is 1.56 bits per heavy atom. The second kappa shape index (κ2) is 6.37. The van der Waals surface area contributed by atoms with Gasteiger partial charge < -0.3 is 0 Å². The molecule has 0 unspecified atom stereocenters. The Hall–Kier alpha value is -2.89. The monoisotopic (exact) mass is 398 g/mol. The highest BCUT2D eigenvalue weighted by Crippen LogP contribution is 2.35. The first-order valence-electron chi connectivity index (χ1n) is 8.03. The van der Waals surface area contributed by atoms with E-state index >= 15 is 0 Å². The SMILES string of the molecule is CN(C(=O)c1ccc(Cl)cc1)N1C(=O)c2cc(Cl)c3ccccc3c2C1=O. The molecule has 0 atom stereocenters. The fourth-order valence-corrected chi connectivity index (χ4v) is 3.58. The first kappa shape index (κ1) is 17.5. The quantitative estimate of drug-likeness (QED) is 0.599. The van der Waals surface area contributed by atoms with E-state index in [1.54, 1.807) is 36.4 Å². The molecule has 5 nitrogen and oxygen atoms in total. The lowest BCUT2D eigenvalue weighted by Crippen LogP contribution is -2.47. The fourth-order valence-electron chi connectivity index (χ4n) is 3.19. The predicted molar refractivity (Wildman–Crippen MR) is 103 cm³/mol. The minimum absolute atomic E-state index is 0.180. The number of rotatable bonds is 2. The van der Waals surface area contributed by atoms with Gasteiger partial charge in [0.2, 0.25) is 0 Å². The molecule has 3 amide bonds. The van der Waals surface area contributed by atoms with Gasteiger partial charge in [0, 0.05) is 28.0 Å². The molecule has 4 rings (SSSR count). The molecular formula is C20H12Cl2N2O3. The molecule has 134 valence electrons. The summed E-state index contributed by atoms with van der Waals surface area (Å²) in [5.74, 6) is -1.66. The second-order valence-electron chi connectivity index (χ2n) is 6.08. The van der Waals surface area contributed by atoms with E-state index in [2.05, 4.69) is 0 Å². The lowest BCUT2D eigenvalue weighted by Gasteiger charge is -2.25. The van der Waals surface area contributed by atoms with Gasteiger partial charge in [-0.2, -0.15) is 5.01 Å². The van der Waals surface area contributed by atoms with Gasteiger partial charge in [-0.3, -0.25) is 14.4 Å². The van der Waals surface area contributed by atoms with Crippen molar-refractivity contribution < 1.29 is 14.4 Å². The second-order valence-corrected chi connectivity index (χ2v) is 6.93. The molecule has 7 heteroatoms. The molecular weight excluding hydrogens is 387 g/mol. The van der Waals surface area contributed by atoms with Crippen LogP contribution in [0.5, 0.6) is 0 Å². The Bertz CT molecular complexity index is 1130. The summed E-state index contributed by atoms with van der Waals surface area (Å²) in [6.07, 6.45) is 0. The Kier molecular flexibility index (Phi) is 4.13. The molecule has 0 radical (unpaired) electrons. The third kappa shape index (κ3) is 2.67. The van der Waals surface area contributed by atoms with E-state index < -0.39 is 17.7 Å². The Labute approximate surface area is 164 Å². The van der Waals surface area contributed by atoms with Gasteiger partial charge in [-0.25, -0.2) is 5.01 Å². The lowest BCUT2D eigenvalue weighted by atomic mass is 10.0. The van der Waals surface area contributed by atoms with Crippen molar-refractivity contribution in [2.45, 2.75) is 0 Å². The van der Waals surface area contributed by atoms with Crippen LogP contribution >= 0.6 is 23.2 Å². The molecule has 0 bridgehead atoms. The summed E-state index contributed by atoms with van der Waals surface area (Å²) in [7, 11) is 1.38. The van der Waals surface area contributed by atoms with Crippen LogP contribution in [0.1, 0.15) is 31.1 Å². The van der Waals surface area contributed by atoms with Crippen LogP contribution in [-0.4, -0.2) is 34.8 Å². The number of nitrogens with zero attached hydrogens (tertiary/aromatic N) is 2. The number of benzene rings is 3. The van der Waals surface area contributed by atoms with Gasteiger partial charge in [0.05, 0.1) is 11.1 Å². The average Bonchev–Trinajstić information content (AvgIpc) is 2.92. The molecule has 1 aliphatic heterocycles. The Balaban J connectivity index is 1.78. The van der Waals surface area contributed by atoms with E-state index in [0.29, 0.717) is 26.4 Å². The van der Waals surface area contributed by atoms with Crippen LogP contribution < -0.4 is 0 Å². The lowest BCUT2D eigenvalue weighted by molar-refractivity contribution is 0.0128. The Morgan fingerprint density at radius 1 is 0.926 bits per heavy atom. The molecule has 0 aliphatic carbocycles. The van der Waals surface area contributed by atoms with E-state index in [4.69, 9.17) is 23.2 Å².